The number of anilines is 1. The standard InChI is InChI=1S/C17H14ClNS/c1-2-12-4-3-5-14(10-12)19-16-8-9-20-17-7-6-13(18)11-15(16)17/h1,3-7,10-11,16,19H,8-9H2. The second-order valence-electron chi connectivity index (χ2n) is 4.74. The predicted molar refractivity (Wildman–Crippen MR) is 87.5 cm³/mol. The van der Waals surface area contributed by atoms with Crippen molar-refractivity contribution in [2.24, 2.45) is 0 Å². The highest BCUT2D eigenvalue weighted by Crippen LogP contribution is 2.39. The molecule has 2 aromatic carbocycles. The van der Waals surface area contributed by atoms with Gasteiger partial charge in [-0.2, -0.15) is 0 Å². The Morgan fingerprint density at radius 2 is 2.15 bits per heavy atom. The Morgan fingerprint density at radius 1 is 1.25 bits per heavy atom. The number of terminal acetylenes is 1. The van der Waals surface area contributed by atoms with Gasteiger partial charge >= 0.3 is 0 Å². The maximum absolute atomic E-state index is 6.13. The molecule has 3 heteroatoms. The molecule has 1 atom stereocenters. The molecule has 1 aliphatic heterocycles. The molecule has 3 rings (SSSR count). The maximum atomic E-state index is 6.13. The molecular weight excluding hydrogens is 286 g/mol. The normalized spacial score (nSPS) is 17.1. The molecule has 0 bridgehead atoms. The largest absolute Gasteiger partial charge is 0.378 e. The lowest BCUT2D eigenvalue weighted by Crippen LogP contribution is -2.16. The van der Waals surface area contributed by atoms with Crippen LogP contribution in [-0.4, -0.2) is 5.75 Å². The first kappa shape index (κ1) is 13.4. The van der Waals surface area contributed by atoms with Crippen molar-refractivity contribution in [2.75, 3.05) is 11.1 Å². The molecule has 0 saturated carbocycles. The Balaban J connectivity index is 1.89. The van der Waals surface area contributed by atoms with E-state index in [9.17, 15) is 0 Å². The Bertz CT molecular complexity index is 675. The van der Waals surface area contributed by atoms with E-state index in [0.29, 0.717) is 0 Å². The molecule has 100 valence electrons. The van der Waals surface area contributed by atoms with E-state index < -0.39 is 0 Å². The lowest BCUT2D eigenvalue weighted by atomic mass is 10.0. The second kappa shape index (κ2) is 5.83. The maximum Gasteiger partial charge on any atom is 0.0533 e. The second-order valence-corrected chi connectivity index (χ2v) is 6.31. The molecule has 20 heavy (non-hydrogen) atoms. The highest BCUT2D eigenvalue weighted by atomic mass is 35.5. The van der Waals surface area contributed by atoms with E-state index in [1.165, 1.54) is 10.5 Å². The van der Waals surface area contributed by atoms with E-state index in [0.717, 1.165) is 28.4 Å². The van der Waals surface area contributed by atoms with E-state index in [2.05, 4.69) is 23.4 Å². The van der Waals surface area contributed by atoms with Gasteiger partial charge in [0.15, 0.2) is 0 Å². The van der Waals surface area contributed by atoms with E-state index in [-0.39, 0.29) is 6.04 Å². The van der Waals surface area contributed by atoms with Crippen LogP contribution in [0, 0.1) is 12.3 Å². The van der Waals surface area contributed by atoms with Crippen molar-refractivity contribution < 1.29 is 0 Å². The minimum Gasteiger partial charge on any atom is -0.378 e. The van der Waals surface area contributed by atoms with Crippen molar-refractivity contribution in [2.45, 2.75) is 17.4 Å². The molecule has 1 nitrogen and oxygen atoms in total. The van der Waals surface area contributed by atoms with Crippen LogP contribution in [-0.2, 0) is 0 Å². The summed E-state index contributed by atoms with van der Waals surface area (Å²) in [7, 11) is 0. The first-order valence-electron chi connectivity index (χ1n) is 6.52. The third-order valence-electron chi connectivity index (χ3n) is 3.38. The number of halogens is 1. The van der Waals surface area contributed by atoms with Gasteiger partial charge in [0.05, 0.1) is 6.04 Å². The predicted octanol–water partition coefficient (Wildman–Crippen LogP) is 4.97. The molecule has 0 amide bonds. The number of hydrogen-bond acceptors (Lipinski definition) is 2. The molecule has 2 aromatic rings. The molecule has 1 unspecified atom stereocenters. The zero-order chi connectivity index (χ0) is 13.9. The summed E-state index contributed by atoms with van der Waals surface area (Å²) in [6.45, 7) is 0. The molecule has 1 N–H and O–H groups in total. The summed E-state index contributed by atoms with van der Waals surface area (Å²) in [5.74, 6) is 3.78. The van der Waals surface area contributed by atoms with E-state index in [4.69, 9.17) is 18.0 Å². The van der Waals surface area contributed by atoms with Crippen molar-refractivity contribution in [1.82, 2.24) is 0 Å². The molecule has 0 saturated heterocycles. The fourth-order valence-electron chi connectivity index (χ4n) is 2.42. The summed E-state index contributed by atoms with van der Waals surface area (Å²) < 4.78 is 0. The minimum atomic E-state index is 0.290. The number of benzene rings is 2. The van der Waals surface area contributed by atoms with Crippen LogP contribution in [0.3, 0.4) is 0 Å². The third-order valence-corrected chi connectivity index (χ3v) is 4.74. The van der Waals surface area contributed by atoms with Gasteiger partial charge in [-0.1, -0.05) is 23.6 Å². The molecule has 0 radical (unpaired) electrons. The highest BCUT2D eigenvalue weighted by Gasteiger charge is 2.20. The van der Waals surface area contributed by atoms with E-state index >= 15 is 0 Å². The van der Waals surface area contributed by atoms with Gasteiger partial charge in [0.25, 0.3) is 0 Å². The van der Waals surface area contributed by atoms with Crippen LogP contribution in [0.15, 0.2) is 47.4 Å². The van der Waals surface area contributed by atoms with Gasteiger partial charge < -0.3 is 5.32 Å². The average Bonchev–Trinajstić information content (AvgIpc) is 2.48. The van der Waals surface area contributed by atoms with Gasteiger partial charge in [0, 0.05) is 26.9 Å². The lowest BCUT2D eigenvalue weighted by Gasteiger charge is -2.27. The van der Waals surface area contributed by atoms with Gasteiger partial charge in [-0.05, 0) is 48.4 Å². The first-order chi connectivity index (χ1) is 9.76. The highest BCUT2D eigenvalue weighted by molar-refractivity contribution is 7.99. The molecule has 0 aliphatic carbocycles. The van der Waals surface area contributed by atoms with Crippen LogP contribution in [0.1, 0.15) is 23.6 Å². The van der Waals surface area contributed by atoms with Crippen molar-refractivity contribution in [3.63, 3.8) is 0 Å². The molecule has 0 fully saturated rings. The summed E-state index contributed by atoms with van der Waals surface area (Å²) >= 11 is 8.02. The monoisotopic (exact) mass is 299 g/mol. The van der Waals surface area contributed by atoms with Crippen LogP contribution in [0.4, 0.5) is 5.69 Å². The van der Waals surface area contributed by atoms with Crippen molar-refractivity contribution in [1.29, 1.82) is 0 Å². The Kier molecular flexibility index (Phi) is 3.91. The molecule has 1 heterocycles. The first-order valence-corrected chi connectivity index (χ1v) is 7.88. The Hall–Kier alpha value is -1.56. The molecule has 0 aromatic heterocycles. The van der Waals surface area contributed by atoms with E-state index in [1.54, 1.807) is 0 Å². The quantitative estimate of drug-likeness (QED) is 0.786. The summed E-state index contributed by atoms with van der Waals surface area (Å²) in [6.07, 6.45) is 6.53. The SMILES string of the molecule is C#Cc1cccc(NC2CCSc3ccc(Cl)cc32)c1. The van der Waals surface area contributed by atoms with Crippen LogP contribution < -0.4 is 5.32 Å². The van der Waals surface area contributed by atoms with Crippen molar-refractivity contribution >= 4 is 29.1 Å². The van der Waals surface area contributed by atoms with Crippen LogP contribution in [0.2, 0.25) is 5.02 Å². The lowest BCUT2D eigenvalue weighted by molar-refractivity contribution is 0.728. The number of hydrogen-bond donors (Lipinski definition) is 1. The summed E-state index contributed by atoms with van der Waals surface area (Å²) in [6, 6.07) is 14.4. The minimum absolute atomic E-state index is 0.290. The number of fused-ring (bicyclic) bond motifs is 1. The molecule has 0 spiro atoms. The summed E-state index contributed by atoms with van der Waals surface area (Å²) in [5, 5.41) is 4.36. The summed E-state index contributed by atoms with van der Waals surface area (Å²) in [4.78, 5) is 1.31. The fourth-order valence-corrected chi connectivity index (χ4v) is 3.70. The molecule has 1 aliphatic rings. The zero-order valence-corrected chi connectivity index (χ0v) is 12.5. The fraction of sp³-hybridized carbons (Fsp3) is 0.176. The van der Waals surface area contributed by atoms with Crippen LogP contribution >= 0.6 is 23.4 Å². The Morgan fingerprint density at radius 3 is 3.00 bits per heavy atom. The Labute approximate surface area is 128 Å². The van der Waals surface area contributed by atoms with Crippen molar-refractivity contribution in [3.05, 3.63) is 58.6 Å². The van der Waals surface area contributed by atoms with Crippen LogP contribution in [0.5, 0.6) is 0 Å². The average molecular weight is 300 g/mol. The number of nitrogens with one attached hydrogen (secondary N) is 1. The molecular formula is C17H14ClNS. The van der Waals surface area contributed by atoms with Gasteiger partial charge in [0.2, 0.25) is 0 Å². The number of thioether (sulfide) groups is 1. The van der Waals surface area contributed by atoms with Gasteiger partial charge in [-0.3, -0.25) is 0 Å². The van der Waals surface area contributed by atoms with Crippen LogP contribution in [0.25, 0.3) is 0 Å². The van der Waals surface area contributed by atoms with Gasteiger partial charge in [-0.15, -0.1) is 18.2 Å². The van der Waals surface area contributed by atoms with Gasteiger partial charge in [0.1, 0.15) is 0 Å². The summed E-state index contributed by atoms with van der Waals surface area (Å²) in [5.41, 5.74) is 3.23. The van der Waals surface area contributed by atoms with Crippen molar-refractivity contribution in [3.8, 4) is 12.3 Å². The zero-order valence-electron chi connectivity index (χ0n) is 10.9. The number of rotatable bonds is 2. The third kappa shape index (κ3) is 2.80. The smallest absolute Gasteiger partial charge is 0.0533 e. The van der Waals surface area contributed by atoms with E-state index in [1.807, 2.05) is 42.1 Å². The van der Waals surface area contributed by atoms with Gasteiger partial charge in [-0.25, -0.2) is 0 Å². The topological polar surface area (TPSA) is 12.0 Å².